The van der Waals surface area contributed by atoms with Crippen molar-refractivity contribution in [1.82, 2.24) is 0 Å². The van der Waals surface area contributed by atoms with E-state index in [9.17, 15) is 0 Å². The minimum atomic E-state index is 1.25. The van der Waals surface area contributed by atoms with Crippen LogP contribution in [0, 0.1) is 0 Å². The van der Waals surface area contributed by atoms with Crippen LogP contribution < -0.4 is 0 Å². The van der Waals surface area contributed by atoms with Crippen LogP contribution in [0.2, 0.25) is 0 Å². The molecule has 0 unspecified atom stereocenters. The first kappa shape index (κ1) is 8.98. The monoisotopic (exact) mass is 96.0 g/mol. The van der Waals surface area contributed by atoms with Gasteiger partial charge in [0, 0.05) is 0 Å². The molecule has 0 radical (unpaired) electrons. The van der Waals surface area contributed by atoms with E-state index in [2.05, 4.69) is 25.7 Å². The molecule has 0 saturated heterocycles. The van der Waals surface area contributed by atoms with Crippen molar-refractivity contribution in [3.8, 4) is 0 Å². The van der Waals surface area contributed by atoms with Crippen LogP contribution >= 0.6 is 11.9 Å². The van der Waals surface area contributed by atoms with Gasteiger partial charge in [0.1, 0.15) is 0 Å². The Morgan fingerprint density at radius 2 is 1.40 bits per heavy atom. The largest absolute Gasteiger partial charge is 0.295 e. The van der Waals surface area contributed by atoms with Gasteiger partial charge in [-0.3, -0.25) is 4.66 Å². The van der Waals surface area contributed by atoms with Gasteiger partial charge in [-0.2, -0.15) is 0 Å². The van der Waals surface area contributed by atoms with Gasteiger partial charge in [0.25, 0.3) is 0 Å². The van der Waals surface area contributed by atoms with Gasteiger partial charge in [0.05, 0.1) is 11.9 Å². The molecular weight excluding hydrogens is 87.5 g/mol. The maximum Gasteiger partial charge on any atom is 0.0579 e. The topological polar surface area (TPSA) is 20.2 Å². The molecule has 5 heavy (non-hydrogen) atoms. The van der Waals surface area contributed by atoms with Crippen LogP contribution in [0.15, 0.2) is 0 Å². The third-order valence-corrected chi connectivity index (χ3v) is 0. The fourth-order valence-corrected chi connectivity index (χ4v) is 0. The molecule has 0 aliphatic rings. The molecule has 0 heterocycles. The highest BCUT2D eigenvalue weighted by Gasteiger charge is 1.35. The zero-order chi connectivity index (χ0) is 4.71. The quantitative estimate of drug-likeness (QED) is 0.485. The smallest absolute Gasteiger partial charge is 0.0579 e. The van der Waals surface area contributed by atoms with Gasteiger partial charge in [0.2, 0.25) is 0 Å². The van der Waals surface area contributed by atoms with Crippen LogP contribution in [0.25, 0.3) is 0 Å². The number of hydrogen-bond donors (Lipinski definition) is 1. The lowest BCUT2D eigenvalue weighted by Gasteiger charge is -1.48. The zero-order valence-corrected chi connectivity index (χ0v) is 4.29. The molecule has 1 nitrogen and oxygen atoms in total. The third-order valence-electron chi connectivity index (χ3n) is 0. The lowest BCUT2D eigenvalue weighted by atomic mass is 10.6. The first-order valence-electron chi connectivity index (χ1n) is 1.58. The van der Waals surface area contributed by atoms with E-state index in [0.717, 1.165) is 0 Å². The van der Waals surface area contributed by atoms with E-state index in [1.165, 1.54) is 6.42 Å². The molecule has 34 valence electrons. The van der Waals surface area contributed by atoms with E-state index in [-0.39, 0.29) is 0 Å². The SMILES string of the molecule is CCC.OCl. The van der Waals surface area contributed by atoms with Crippen LogP contribution in [0.5, 0.6) is 0 Å². The van der Waals surface area contributed by atoms with Crippen molar-refractivity contribution in [1.29, 1.82) is 0 Å². The highest BCUT2D eigenvalue weighted by molar-refractivity contribution is 6.04. The van der Waals surface area contributed by atoms with Crippen molar-refractivity contribution in [2.45, 2.75) is 20.3 Å². The van der Waals surface area contributed by atoms with Gasteiger partial charge >= 0.3 is 0 Å². The Labute approximate surface area is 37.7 Å². The van der Waals surface area contributed by atoms with Crippen LogP contribution in [-0.4, -0.2) is 4.66 Å². The Morgan fingerprint density at radius 3 is 1.40 bits per heavy atom. The average Bonchev–Trinajstić information content (AvgIpc) is 1.46. The molecule has 0 aliphatic carbocycles. The summed E-state index contributed by atoms with van der Waals surface area (Å²) in [6.45, 7) is 4.25. The molecule has 0 amide bonds. The standard InChI is InChI=1S/C3H8.ClHO/c1-3-2;1-2/h3H2,1-2H3;2H. The van der Waals surface area contributed by atoms with Crippen molar-refractivity contribution < 1.29 is 4.66 Å². The van der Waals surface area contributed by atoms with Crippen molar-refractivity contribution in [2.24, 2.45) is 0 Å². The summed E-state index contributed by atoms with van der Waals surface area (Å²) in [7, 11) is 0. The summed E-state index contributed by atoms with van der Waals surface area (Å²) in [4.78, 5) is 0. The summed E-state index contributed by atoms with van der Waals surface area (Å²) < 4.78 is 6.47. The summed E-state index contributed by atoms with van der Waals surface area (Å²) >= 11 is 3.64. The Kier molecular flexibility index (Phi) is 51.6. The second-order valence-electron chi connectivity index (χ2n) is 0.707. The Hall–Kier alpha value is 0.250. The van der Waals surface area contributed by atoms with Crippen molar-refractivity contribution in [3.05, 3.63) is 0 Å². The van der Waals surface area contributed by atoms with Crippen LogP contribution in [0.3, 0.4) is 0 Å². The minimum absolute atomic E-state index is 1.25. The molecule has 0 fully saturated rings. The molecule has 0 atom stereocenters. The molecule has 0 aromatic rings. The summed E-state index contributed by atoms with van der Waals surface area (Å²) in [5.41, 5.74) is 0. The summed E-state index contributed by atoms with van der Waals surface area (Å²) in [5.74, 6) is 0. The number of rotatable bonds is 0. The zero-order valence-electron chi connectivity index (χ0n) is 3.53. The van der Waals surface area contributed by atoms with Gasteiger partial charge in [-0.1, -0.05) is 20.3 Å². The highest BCUT2D eigenvalue weighted by atomic mass is 35.5. The summed E-state index contributed by atoms with van der Waals surface area (Å²) in [5, 5.41) is 0. The molecule has 1 N–H and O–H groups in total. The molecule has 0 aromatic heterocycles. The predicted molar refractivity (Wildman–Crippen MR) is 24.0 cm³/mol. The highest BCUT2D eigenvalue weighted by Crippen LogP contribution is 1.56. The first-order chi connectivity index (χ1) is 2.41. The molecule has 0 bridgehead atoms. The minimum Gasteiger partial charge on any atom is -0.295 e. The van der Waals surface area contributed by atoms with Crippen LogP contribution in [0.1, 0.15) is 20.3 Å². The second kappa shape index (κ2) is 28.7. The predicted octanol–water partition coefficient (Wildman–Crippen LogP) is 1.55. The third kappa shape index (κ3) is 344. The molecule has 0 rings (SSSR count). The molecule has 0 aromatic carbocycles. The van der Waals surface area contributed by atoms with E-state index >= 15 is 0 Å². The Morgan fingerprint density at radius 1 is 1.40 bits per heavy atom. The molecule has 0 aliphatic heterocycles. The fraction of sp³-hybridized carbons (Fsp3) is 1.00. The van der Waals surface area contributed by atoms with E-state index < -0.39 is 0 Å². The first-order valence-corrected chi connectivity index (χ1v) is 1.92. The van der Waals surface area contributed by atoms with Crippen LogP contribution in [-0.2, 0) is 0 Å². The Balaban J connectivity index is 0. The van der Waals surface area contributed by atoms with Crippen molar-refractivity contribution in [2.75, 3.05) is 0 Å². The number of halogens is 1. The lowest BCUT2D eigenvalue weighted by molar-refractivity contribution is 0.632. The van der Waals surface area contributed by atoms with E-state index in [1.54, 1.807) is 0 Å². The van der Waals surface area contributed by atoms with E-state index in [1.807, 2.05) is 0 Å². The number of hydrogen-bond acceptors (Lipinski definition) is 1. The maximum atomic E-state index is 6.47. The lowest BCUT2D eigenvalue weighted by Crippen LogP contribution is -1.27. The molecule has 0 spiro atoms. The summed E-state index contributed by atoms with van der Waals surface area (Å²) in [6.07, 6.45) is 1.25. The van der Waals surface area contributed by atoms with Crippen LogP contribution in [0.4, 0.5) is 0 Å². The summed E-state index contributed by atoms with van der Waals surface area (Å²) in [6, 6.07) is 0. The van der Waals surface area contributed by atoms with Crippen molar-refractivity contribution in [3.63, 3.8) is 0 Å². The molecule has 2 heteroatoms. The fourth-order valence-electron chi connectivity index (χ4n) is 0. The molecular formula is C3H9ClO. The normalized spacial score (nSPS) is 4.80. The van der Waals surface area contributed by atoms with Gasteiger partial charge in [-0.15, -0.1) is 0 Å². The molecule has 0 saturated carbocycles. The van der Waals surface area contributed by atoms with Gasteiger partial charge in [0.15, 0.2) is 0 Å². The Bertz CT molecular complexity index is 6.85. The van der Waals surface area contributed by atoms with E-state index in [4.69, 9.17) is 4.66 Å². The second-order valence-corrected chi connectivity index (χ2v) is 0.707. The van der Waals surface area contributed by atoms with E-state index in [0.29, 0.717) is 0 Å². The van der Waals surface area contributed by atoms with Crippen molar-refractivity contribution >= 4 is 11.9 Å². The maximum absolute atomic E-state index is 6.47. The average molecular weight is 96.6 g/mol. The van der Waals surface area contributed by atoms with Gasteiger partial charge in [-0.05, 0) is 0 Å². The van der Waals surface area contributed by atoms with Gasteiger partial charge < -0.3 is 0 Å². The van der Waals surface area contributed by atoms with Gasteiger partial charge in [-0.25, -0.2) is 0 Å².